The molecule has 8 aromatic carbocycles. The van der Waals surface area contributed by atoms with E-state index >= 15 is 0 Å². The summed E-state index contributed by atoms with van der Waals surface area (Å²) in [4.78, 5) is 0. The SMILES string of the molecule is CC1(C)c2ccccc2-c2c1c1c3ccccc3n(-c3ccccc3-c3ccc(-c4ccccc4)cc3)c1c1c3ccccc3n(-c3ccccc3)c21. The van der Waals surface area contributed by atoms with Gasteiger partial charge in [0.2, 0.25) is 0 Å². The Morgan fingerprint density at radius 3 is 1.66 bits per heavy atom. The molecule has 1 aliphatic carbocycles. The molecule has 0 fully saturated rings. The van der Waals surface area contributed by atoms with Crippen LogP contribution in [0.1, 0.15) is 25.0 Å². The Hall–Kier alpha value is -6.64. The van der Waals surface area contributed by atoms with E-state index in [1.807, 2.05) is 0 Å². The number of nitrogens with zero attached hydrogens (tertiary/aromatic N) is 2. The van der Waals surface area contributed by atoms with Crippen LogP contribution in [0.25, 0.3) is 88.4 Å². The fraction of sp³-hybridized carbons (Fsp3) is 0.0588. The Kier molecular flexibility index (Phi) is 6.33. The van der Waals surface area contributed by atoms with Crippen LogP contribution in [0.5, 0.6) is 0 Å². The number of fused-ring (bicyclic) bond motifs is 12. The topological polar surface area (TPSA) is 9.86 Å². The van der Waals surface area contributed by atoms with Crippen molar-refractivity contribution in [1.29, 1.82) is 0 Å². The van der Waals surface area contributed by atoms with Crippen LogP contribution < -0.4 is 0 Å². The minimum absolute atomic E-state index is 0.224. The third-order valence-electron chi connectivity index (χ3n) is 11.7. The van der Waals surface area contributed by atoms with Crippen LogP contribution in [0.2, 0.25) is 0 Å². The van der Waals surface area contributed by atoms with Crippen molar-refractivity contribution in [3.63, 3.8) is 0 Å². The third kappa shape index (κ3) is 4.15. The van der Waals surface area contributed by atoms with Crippen molar-refractivity contribution >= 4 is 43.6 Å². The third-order valence-corrected chi connectivity index (χ3v) is 11.7. The van der Waals surface area contributed by atoms with Crippen LogP contribution in [0.3, 0.4) is 0 Å². The van der Waals surface area contributed by atoms with Gasteiger partial charge in [-0.1, -0.05) is 166 Å². The molecule has 53 heavy (non-hydrogen) atoms. The average molecular weight is 677 g/mol. The lowest BCUT2D eigenvalue weighted by molar-refractivity contribution is 0.667. The van der Waals surface area contributed by atoms with Crippen LogP contribution in [-0.4, -0.2) is 9.13 Å². The Morgan fingerprint density at radius 1 is 0.396 bits per heavy atom. The fourth-order valence-corrected chi connectivity index (χ4v) is 9.44. The van der Waals surface area contributed by atoms with Gasteiger partial charge in [0.15, 0.2) is 0 Å². The van der Waals surface area contributed by atoms with Gasteiger partial charge < -0.3 is 9.13 Å². The van der Waals surface area contributed by atoms with E-state index in [9.17, 15) is 0 Å². The Labute approximate surface area is 308 Å². The summed E-state index contributed by atoms with van der Waals surface area (Å²) in [7, 11) is 0. The number of hydrogen-bond acceptors (Lipinski definition) is 0. The lowest BCUT2D eigenvalue weighted by Gasteiger charge is -2.23. The zero-order chi connectivity index (χ0) is 35.3. The maximum Gasteiger partial charge on any atom is 0.0645 e. The zero-order valence-corrected chi connectivity index (χ0v) is 29.7. The summed E-state index contributed by atoms with van der Waals surface area (Å²) in [6, 6.07) is 66.7. The van der Waals surface area contributed by atoms with Crippen LogP contribution in [0.15, 0.2) is 182 Å². The molecular weight excluding hydrogens is 641 g/mol. The predicted octanol–water partition coefficient (Wildman–Crippen LogP) is 13.5. The van der Waals surface area contributed by atoms with Crippen molar-refractivity contribution in [2.75, 3.05) is 0 Å². The molecule has 0 spiro atoms. The van der Waals surface area contributed by atoms with E-state index in [2.05, 4.69) is 205 Å². The molecule has 0 atom stereocenters. The highest BCUT2D eigenvalue weighted by molar-refractivity contribution is 6.31. The van der Waals surface area contributed by atoms with E-state index in [1.54, 1.807) is 0 Å². The van der Waals surface area contributed by atoms with E-state index in [-0.39, 0.29) is 5.41 Å². The van der Waals surface area contributed by atoms with Crippen LogP contribution in [-0.2, 0) is 5.41 Å². The molecule has 0 aliphatic heterocycles. The molecule has 0 bridgehead atoms. The summed E-state index contributed by atoms with van der Waals surface area (Å²) in [5.41, 5.74) is 17.4. The first-order valence-electron chi connectivity index (χ1n) is 18.5. The van der Waals surface area contributed by atoms with Gasteiger partial charge in [0.05, 0.1) is 27.8 Å². The van der Waals surface area contributed by atoms with Gasteiger partial charge in [0.1, 0.15) is 0 Å². The monoisotopic (exact) mass is 676 g/mol. The van der Waals surface area contributed by atoms with Gasteiger partial charge in [0, 0.05) is 43.8 Å². The van der Waals surface area contributed by atoms with Gasteiger partial charge in [-0.3, -0.25) is 0 Å². The van der Waals surface area contributed by atoms with Crippen molar-refractivity contribution < 1.29 is 0 Å². The standard InChI is InChI=1S/C51H36N2/c1-51(2)41-25-13-9-22-38(41)45-48(51)46-39-23-11-16-28-44(39)53(42-26-14-10-21-37(42)35-31-29-34(30-32-35)33-17-5-3-6-18-33)50(46)47-40-24-12-15-27-43(40)52(49(45)47)36-19-7-4-8-20-36/h3-32H,1-2H3. The summed E-state index contributed by atoms with van der Waals surface area (Å²) >= 11 is 0. The molecule has 2 nitrogen and oxygen atoms in total. The quantitative estimate of drug-likeness (QED) is 0.176. The van der Waals surface area contributed by atoms with Crippen LogP contribution in [0, 0.1) is 0 Å². The largest absolute Gasteiger partial charge is 0.309 e. The average Bonchev–Trinajstić information content (AvgIpc) is 3.82. The van der Waals surface area contributed by atoms with Gasteiger partial charge >= 0.3 is 0 Å². The molecule has 0 N–H and O–H groups in total. The zero-order valence-electron chi connectivity index (χ0n) is 29.7. The molecule has 1 aliphatic rings. The molecule has 10 aromatic rings. The molecule has 0 unspecified atom stereocenters. The molecular formula is C51H36N2. The molecule has 0 amide bonds. The lowest BCUT2D eigenvalue weighted by atomic mass is 9.80. The van der Waals surface area contributed by atoms with Gasteiger partial charge in [-0.05, 0) is 63.7 Å². The Balaban J connectivity index is 1.34. The number of rotatable bonds is 4. The highest BCUT2D eigenvalue weighted by atomic mass is 15.0. The van der Waals surface area contributed by atoms with Crippen molar-refractivity contribution in [2.45, 2.75) is 19.3 Å². The highest BCUT2D eigenvalue weighted by Gasteiger charge is 2.41. The molecule has 0 radical (unpaired) electrons. The maximum absolute atomic E-state index is 2.58. The van der Waals surface area contributed by atoms with Crippen molar-refractivity contribution in [3.8, 4) is 44.8 Å². The first kappa shape index (κ1) is 30.0. The second-order valence-electron chi connectivity index (χ2n) is 14.9. The molecule has 2 heterocycles. The highest BCUT2D eigenvalue weighted by Crippen LogP contribution is 2.58. The number of para-hydroxylation sites is 4. The molecule has 2 heteroatoms. The number of benzene rings is 8. The van der Waals surface area contributed by atoms with Crippen LogP contribution in [0.4, 0.5) is 0 Å². The molecule has 250 valence electrons. The minimum Gasteiger partial charge on any atom is -0.309 e. The van der Waals surface area contributed by atoms with Gasteiger partial charge in [-0.25, -0.2) is 0 Å². The van der Waals surface area contributed by atoms with Gasteiger partial charge in [-0.15, -0.1) is 0 Å². The first-order chi connectivity index (χ1) is 26.1. The Morgan fingerprint density at radius 2 is 0.925 bits per heavy atom. The van der Waals surface area contributed by atoms with Gasteiger partial charge in [0.25, 0.3) is 0 Å². The van der Waals surface area contributed by atoms with E-state index in [0.717, 1.165) is 0 Å². The summed E-state index contributed by atoms with van der Waals surface area (Å²) in [5, 5.41) is 5.17. The van der Waals surface area contributed by atoms with E-state index < -0.39 is 0 Å². The lowest BCUT2D eigenvalue weighted by Crippen LogP contribution is -2.15. The number of hydrogen-bond donors (Lipinski definition) is 0. The molecule has 0 saturated carbocycles. The first-order valence-corrected chi connectivity index (χ1v) is 18.5. The van der Waals surface area contributed by atoms with E-state index in [1.165, 1.54) is 99.5 Å². The Bertz CT molecular complexity index is 3050. The van der Waals surface area contributed by atoms with Crippen LogP contribution >= 0.6 is 0 Å². The molecule has 0 saturated heterocycles. The normalized spacial score (nSPS) is 13.2. The molecule has 11 rings (SSSR count). The number of aromatic nitrogens is 2. The smallest absolute Gasteiger partial charge is 0.0645 e. The second kappa shape index (κ2) is 11.2. The molecule has 2 aromatic heterocycles. The van der Waals surface area contributed by atoms with Crippen molar-refractivity contribution in [1.82, 2.24) is 9.13 Å². The summed E-state index contributed by atoms with van der Waals surface area (Å²) in [6.45, 7) is 4.85. The van der Waals surface area contributed by atoms with E-state index in [4.69, 9.17) is 0 Å². The predicted molar refractivity (Wildman–Crippen MR) is 224 cm³/mol. The van der Waals surface area contributed by atoms with Crippen molar-refractivity contribution in [2.24, 2.45) is 0 Å². The van der Waals surface area contributed by atoms with E-state index in [0.29, 0.717) is 0 Å². The van der Waals surface area contributed by atoms with Gasteiger partial charge in [-0.2, -0.15) is 0 Å². The van der Waals surface area contributed by atoms with Crippen molar-refractivity contribution in [3.05, 3.63) is 193 Å². The summed E-state index contributed by atoms with van der Waals surface area (Å²) in [5.74, 6) is 0. The summed E-state index contributed by atoms with van der Waals surface area (Å²) < 4.78 is 5.10. The summed E-state index contributed by atoms with van der Waals surface area (Å²) in [6.07, 6.45) is 0. The second-order valence-corrected chi connectivity index (χ2v) is 14.9. The maximum atomic E-state index is 2.58. The minimum atomic E-state index is -0.224. The fourth-order valence-electron chi connectivity index (χ4n) is 9.44.